The number of urea groups is 1. The van der Waals surface area contributed by atoms with Gasteiger partial charge in [0.15, 0.2) is 0 Å². The van der Waals surface area contributed by atoms with Crippen molar-refractivity contribution in [3.63, 3.8) is 0 Å². The maximum Gasteiger partial charge on any atom is 0.319 e. The molecule has 0 radical (unpaired) electrons. The smallest absolute Gasteiger partial charge is 0.319 e. The molecule has 0 saturated heterocycles. The van der Waals surface area contributed by atoms with Gasteiger partial charge < -0.3 is 20.1 Å². The summed E-state index contributed by atoms with van der Waals surface area (Å²) in [7, 11) is 0. The number of carbonyl (C=O) groups excluding carboxylic acids is 1. The number of carbonyl (C=O) groups is 1. The average molecular weight is 305 g/mol. The maximum atomic E-state index is 11.9. The van der Waals surface area contributed by atoms with Gasteiger partial charge >= 0.3 is 6.03 Å². The number of nitriles is 1. The van der Waals surface area contributed by atoms with E-state index in [-0.39, 0.29) is 12.1 Å². The normalized spacial score (nSPS) is 10.1. The Morgan fingerprint density at radius 1 is 1.41 bits per heavy atom. The average Bonchev–Trinajstić information content (AvgIpc) is 2.48. The molecular formula is C16H23N3O3. The Morgan fingerprint density at radius 3 is 2.82 bits per heavy atom. The summed E-state index contributed by atoms with van der Waals surface area (Å²) in [6.07, 6.45) is 0.720. The molecule has 2 N–H and O–H groups in total. The van der Waals surface area contributed by atoms with Crippen LogP contribution in [0.1, 0.15) is 32.8 Å². The number of nitrogens with zero attached hydrogens (tertiary/aromatic N) is 1. The Bertz CT molecular complexity index is 524. The number of nitrogens with one attached hydrogen (secondary N) is 2. The van der Waals surface area contributed by atoms with Crippen molar-refractivity contribution < 1.29 is 14.3 Å². The van der Waals surface area contributed by atoms with Gasteiger partial charge in [0.2, 0.25) is 0 Å². The predicted octanol–water partition coefficient (Wildman–Crippen LogP) is 2.89. The Labute approximate surface area is 131 Å². The second-order valence-electron chi connectivity index (χ2n) is 4.92. The second-order valence-corrected chi connectivity index (χ2v) is 4.92. The van der Waals surface area contributed by atoms with Gasteiger partial charge in [-0.05, 0) is 45.4 Å². The largest absolute Gasteiger partial charge is 0.489 e. The van der Waals surface area contributed by atoms with Crippen LogP contribution in [0.15, 0.2) is 18.2 Å². The van der Waals surface area contributed by atoms with Crippen molar-refractivity contribution >= 4 is 11.7 Å². The third kappa shape index (κ3) is 6.46. The lowest BCUT2D eigenvalue weighted by Gasteiger charge is -2.15. The number of hydrogen-bond donors (Lipinski definition) is 2. The first-order valence-electron chi connectivity index (χ1n) is 7.40. The Morgan fingerprint density at radius 2 is 2.18 bits per heavy atom. The van der Waals surface area contributed by atoms with Crippen molar-refractivity contribution in [3.05, 3.63) is 23.8 Å². The van der Waals surface area contributed by atoms with Crippen molar-refractivity contribution in [2.45, 2.75) is 33.3 Å². The quantitative estimate of drug-likeness (QED) is 0.723. The molecule has 0 aliphatic heterocycles. The van der Waals surface area contributed by atoms with Gasteiger partial charge in [-0.1, -0.05) is 0 Å². The van der Waals surface area contributed by atoms with E-state index in [0.717, 1.165) is 6.42 Å². The third-order valence-electron chi connectivity index (χ3n) is 2.67. The molecule has 0 aliphatic rings. The highest BCUT2D eigenvalue weighted by Gasteiger charge is 2.10. The van der Waals surface area contributed by atoms with Crippen molar-refractivity contribution in [2.75, 3.05) is 25.1 Å². The predicted molar refractivity (Wildman–Crippen MR) is 85.1 cm³/mol. The number of ether oxygens (including phenoxy) is 2. The molecule has 0 aliphatic carbocycles. The van der Waals surface area contributed by atoms with Crippen molar-refractivity contribution in [3.8, 4) is 11.8 Å². The van der Waals surface area contributed by atoms with Crippen LogP contribution in [-0.2, 0) is 4.74 Å². The number of amides is 2. The lowest BCUT2D eigenvalue weighted by molar-refractivity contribution is 0.145. The molecule has 0 saturated carbocycles. The molecule has 120 valence electrons. The van der Waals surface area contributed by atoms with Gasteiger partial charge in [0.1, 0.15) is 5.75 Å². The van der Waals surface area contributed by atoms with Crippen molar-refractivity contribution in [1.82, 2.24) is 5.32 Å². The molecule has 0 atom stereocenters. The maximum absolute atomic E-state index is 11.9. The zero-order chi connectivity index (χ0) is 16.4. The third-order valence-corrected chi connectivity index (χ3v) is 2.67. The van der Waals surface area contributed by atoms with E-state index in [9.17, 15) is 4.79 Å². The van der Waals surface area contributed by atoms with Gasteiger partial charge in [-0.3, -0.25) is 0 Å². The van der Waals surface area contributed by atoms with Gasteiger partial charge in [0.05, 0.1) is 23.4 Å². The highest BCUT2D eigenvalue weighted by molar-refractivity contribution is 5.91. The lowest BCUT2D eigenvalue weighted by atomic mass is 10.2. The minimum atomic E-state index is -0.333. The summed E-state index contributed by atoms with van der Waals surface area (Å²) in [5.74, 6) is 0.540. The summed E-state index contributed by atoms with van der Waals surface area (Å²) in [5, 5.41) is 14.4. The fourth-order valence-electron chi connectivity index (χ4n) is 1.74. The molecule has 0 heterocycles. The molecule has 2 amide bonds. The van der Waals surface area contributed by atoms with E-state index >= 15 is 0 Å². The Kier molecular flexibility index (Phi) is 7.79. The zero-order valence-electron chi connectivity index (χ0n) is 13.3. The molecule has 22 heavy (non-hydrogen) atoms. The van der Waals surface area contributed by atoms with Gasteiger partial charge in [0.25, 0.3) is 0 Å². The van der Waals surface area contributed by atoms with Crippen LogP contribution in [0.2, 0.25) is 0 Å². The van der Waals surface area contributed by atoms with Crippen LogP contribution < -0.4 is 15.4 Å². The van der Waals surface area contributed by atoms with Crippen molar-refractivity contribution in [2.24, 2.45) is 0 Å². The Hall–Kier alpha value is -2.26. The monoisotopic (exact) mass is 305 g/mol. The SMILES string of the molecule is CCOCCCNC(=O)Nc1cc(C#N)ccc1OC(C)C. The van der Waals surface area contributed by atoms with Gasteiger partial charge in [0, 0.05) is 19.8 Å². The first kappa shape index (κ1) is 17.8. The van der Waals surface area contributed by atoms with Gasteiger partial charge in [-0.15, -0.1) is 0 Å². The van der Waals surface area contributed by atoms with E-state index in [4.69, 9.17) is 14.7 Å². The first-order valence-corrected chi connectivity index (χ1v) is 7.40. The lowest BCUT2D eigenvalue weighted by Crippen LogP contribution is -2.30. The van der Waals surface area contributed by atoms with Crippen LogP contribution >= 0.6 is 0 Å². The fraction of sp³-hybridized carbons (Fsp3) is 0.500. The van der Waals surface area contributed by atoms with E-state index in [2.05, 4.69) is 10.6 Å². The molecular weight excluding hydrogens is 282 g/mol. The van der Waals surface area contributed by atoms with Crippen LogP contribution in [-0.4, -0.2) is 31.9 Å². The van der Waals surface area contributed by atoms with Crippen LogP contribution in [0.25, 0.3) is 0 Å². The highest BCUT2D eigenvalue weighted by atomic mass is 16.5. The molecule has 0 fully saturated rings. The standard InChI is InChI=1S/C16H23N3O3/c1-4-21-9-5-8-18-16(20)19-14-10-13(11-17)6-7-15(14)22-12(2)3/h6-7,10,12H,4-5,8-9H2,1-3H3,(H2,18,19,20). The number of benzene rings is 1. The fourth-order valence-corrected chi connectivity index (χ4v) is 1.74. The second kappa shape index (κ2) is 9.64. The molecule has 0 unspecified atom stereocenters. The van der Waals surface area contributed by atoms with E-state index < -0.39 is 0 Å². The van der Waals surface area contributed by atoms with E-state index in [0.29, 0.717) is 36.8 Å². The molecule has 0 spiro atoms. The van der Waals surface area contributed by atoms with E-state index in [1.807, 2.05) is 26.8 Å². The topological polar surface area (TPSA) is 83.4 Å². The van der Waals surface area contributed by atoms with Gasteiger partial charge in [-0.25, -0.2) is 4.79 Å². The minimum absolute atomic E-state index is 0.0252. The summed E-state index contributed by atoms with van der Waals surface area (Å²) < 4.78 is 10.8. The summed E-state index contributed by atoms with van der Waals surface area (Å²) in [6, 6.07) is 6.64. The molecule has 1 rings (SSSR count). The first-order chi connectivity index (χ1) is 10.6. The summed E-state index contributed by atoms with van der Waals surface area (Å²) in [5.41, 5.74) is 0.942. The number of anilines is 1. The van der Waals surface area contributed by atoms with E-state index in [1.165, 1.54) is 0 Å². The van der Waals surface area contributed by atoms with E-state index in [1.54, 1.807) is 18.2 Å². The molecule has 1 aromatic rings. The minimum Gasteiger partial charge on any atom is -0.489 e. The molecule has 6 heteroatoms. The van der Waals surface area contributed by atoms with Crippen LogP contribution in [0.4, 0.5) is 10.5 Å². The van der Waals surface area contributed by atoms with Crippen LogP contribution in [0, 0.1) is 11.3 Å². The van der Waals surface area contributed by atoms with Gasteiger partial charge in [-0.2, -0.15) is 5.26 Å². The van der Waals surface area contributed by atoms with Crippen molar-refractivity contribution in [1.29, 1.82) is 5.26 Å². The molecule has 6 nitrogen and oxygen atoms in total. The zero-order valence-corrected chi connectivity index (χ0v) is 13.3. The Balaban J connectivity index is 2.61. The summed E-state index contributed by atoms with van der Waals surface area (Å²) in [6.45, 7) is 7.53. The van der Waals surface area contributed by atoms with Crippen LogP contribution in [0.3, 0.4) is 0 Å². The highest BCUT2D eigenvalue weighted by Crippen LogP contribution is 2.26. The molecule has 0 bridgehead atoms. The summed E-state index contributed by atoms with van der Waals surface area (Å²) in [4.78, 5) is 11.9. The molecule has 1 aromatic carbocycles. The number of hydrogen-bond acceptors (Lipinski definition) is 4. The number of rotatable bonds is 8. The van der Waals surface area contributed by atoms with Crippen LogP contribution in [0.5, 0.6) is 5.75 Å². The molecule has 0 aromatic heterocycles. The summed E-state index contributed by atoms with van der Waals surface area (Å²) >= 11 is 0.